The number of benzene rings is 1. The van der Waals surface area contributed by atoms with Gasteiger partial charge in [-0.3, -0.25) is 0 Å². The first-order valence-corrected chi connectivity index (χ1v) is 8.30. The number of ether oxygens (including phenoxy) is 1. The van der Waals surface area contributed by atoms with Crippen molar-refractivity contribution in [2.45, 2.75) is 19.0 Å². The van der Waals surface area contributed by atoms with Crippen LogP contribution in [0.3, 0.4) is 0 Å². The second-order valence-corrected chi connectivity index (χ2v) is 6.04. The number of carbonyl (C=O) groups is 1. The van der Waals surface area contributed by atoms with Gasteiger partial charge in [0.1, 0.15) is 0 Å². The van der Waals surface area contributed by atoms with E-state index in [2.05, 4.69) is 32.7 Å². The standard InChI is InChI=1S/C19H26N4O2/c1-23(2)17(12-15-8-5-4-6-9-15)14-22-19(24)21-13-16-10-7-11-20-18(16)25-3/h4-11,17H,12-14H2,1-3H3,(H2,21,22,24). The van der Waals surface area contributed by atoms with Crippen LogP contribution in [0, 0.1) is 0 Å². The number of amides is 2. The van der Waals surface area contributed by atoms with Crippen LogP contribution >= 0.6 is 0 Å². The van der Waals surface area contributed by atoms with Crippen molar-refractivity contribution in [3.05, 3.63) is 59.8 Å². The van der Waals surface area contributed by atoms with Crippen molar-refractivity contribution < 1.29 is 9.53 Å². The van der Waals surface area contributed by atoms with E-state index in [-0.39, 0.29) is 12.1 Å². The van der Waals surface area contributed by atoms with Crippen molar-refractivity contribution in [1.29, 1.82) is 0 Å². The van der Waals surface area contributed by atoms with Crippen molar-refractivity contribution in [1.82, 2.24) is 20.5 Å². The second kappa shape index (κ2) is 9.64. The zero-order chi connectivity index (χ0) is 18.1. The fraction of sp³-hybridized carbons (Fsp3) is 0.368. The highest BCUT2D eigenvalue weighted by molar-refractivity contribution is 5.73. The first kappa shape index (κ1) is 18.7. The lowest BCUT2D eigenvalue weighted by atomic mass is 10.1. The van der Waals surface area contributed by atoms with Gasteiger partial charge in [0.25, 0.3) is 0 Å². The van der Waals surface area contributed by atoms with Gasteiger partial charge in [0.2, 0.25) is 5.88 Å². The summed E-state index contributed by atoms with van der Waals surface area (Å²) < 4.78 is 5.18. The van der Waals surface area contributed by atoms with Gasteiger partial charge in [0.15, 0.2) is 0 Å². The Balaban J connectivity index is 1.82. The fourth-order valence-corrected chi connectivity index (χ4v) is 2.51. The molecule has 0 radical (unpaired) electrons. The maximum absolute atomic E-state index is 12.1. The summed E-state index contributed by atoms with van der Waals surface area (Å²) >= 11 is 0. The average Bonchev–Trinajstić information content (AvgIpc) is 2.64. The number of pyridine rings is 1. The quantitative estimate of drug-likeness (QED) is 0.771. The van der Waals surface area contributed by atoms with Gasteiger partial charge >= 0.3 is 6.03 Å². The van der Waals surface area contributed by atoms with Crippen molar-refractivity contribution >= 4 is 6.03 Å². The molecule has 25 heavy (non-hydrogen) atoms. The van der Waals surface area contributed by atoms with Crippen LogP contribution in [0.5, 0.6) is 5.88 Å². The molecule has 1 unspecified atom stereocenters. The number of hydrogen-bond donors (Lipinski definition) is 2. The SMILES string of the molecule is COc1ncccc1CNC(=O)NCC(Cc1ccccc1)N(C)C. The average molecular weight is 342 g/mol. The third-order valence-corrected chi connectivity index (χ3v) is 4.03. The lowest BCUT2D eigenvalue weighted by Crippen LogP contribution is -2.45. The predicted molar refractivity (Wildman–Crippen MR) is 98.6 cm³/mol. The molecule has 2 N–H and O–H groups in total. The number of hydrogen-bond acceptors (Lipinski definition) is 4. The van der Waals surface area contributed by atoms with E-state index in [1.54, 1.807) is 13.3 Å². The third kappa shape index (κ3) is 6.08. The Labute approximate surface area is 149 Å². The summed E-state index contributed by atoms with van der Waals surface area (Å²) in [7, 11) is 5.61. The molecule has 2 aromatic rings. The van der Waals surface area contributed by atoms with E-state index >= 15 is 0 Å². The van der Waals surface area contributed by atoms with Gasteiger partial charge in [-0.15, -0.1) is 0 Å². The van der Waals surface area contributed by atoms with E-state index in [0.717, 1.165) is 12.0 Å². The number of aromatic nitrogens is 1. The van der Waals surface area contributed by atoms with Crippen molar-refractivity contribution in [3.8, 4) is 5.88 Å². The van der Waals surface area contributed by atoms with Gasteiger partial charge in [-0.05, 0) is 32.1 Å². The Morgan fingerprint density at radius 3 is 2.60 bits per heavy atom. The molecule has 0 aliphatic heterocycles. The molecule has 6 heteroatoms. The largest absolute Gasteiger partial charge is 0.481 e. The molecule has 0 saturated carbocycles. The molecule has 134 valence electrons. The Morgan fingerprint density at radius 1 is 1.16 bits per heavy atom. The summed E-state index contributed by atoms with van der Waals surface area (Å²) in [4.78, 5) is 18.3. The van der Waals surface area contributed by atoms with Gasteiger partial charge in [-0.25, -0.2) is 9.78 Å². The highest BCUT2D eigenvalue weighted by atomic mass is 16.5. The molecule has 6 nitrogen and oxygen atoms in total. The summed E-state index contributed by atoms with van der Waals surface area (Å²) in [6.45, 7) is 0.937. The molecule has 0 spiro atoms. The zero-order valence-corrected chi connectivity index (χ0v) is 15.0. The minimum atomic E-state index is -0.203. The summed E-state index contributed by atoms with van der Waals surface area (Å²) in [6, 6.07) is 14.0. The zero-order valence-electron chi connectivity index (χ0n) is 15.0. The number of carbonyl (C=O) groups excluding carboxylic acids is 1. The summed E-state index contributed by atoms with van der Waals surface area (Å²) in [6.07, 6.45) is 2.54. The minimum Gasteiger partial charge on any atom is -0.481 e. The van der Waals surface area contributed by atoms with Crippen LogP contribution in [0.15, 0.2) is 48.7 Å². The van der Waals surface area contributed by atoms with E-state index in [4.69, 9.17) is 4.74 Å². The summed E-state index contributed by atoms with van der Waals surface area (Å²) in [5, 5.41) is 5.78. The molecule has 1 aromatic heterocycles. The lowest BCUT2D eigenvalue weighted by molar-refractivity contribution is 0.231. The van der Waals surface area contributed by atoms with Crippen LogP contribution in [-0.2, 0) is 13.0 Å². The Morgan fingerprint density at radius 2 is 1.92 bits per heavy atom. The van der Waals surface area contributed by atoms with Gasteiger partial charge in [-0.1, -0.05) is 36.4 Å². The van der Waals surface area contributed by atoms with Crippen molar-refractivity contribution in [2.75, 3.05) is 27.7 Å². The molecule has 2 amide bonds. The Kier molecular flexibility index (Phi) is 7.22. The lowest BCUT2D eigenvalue weighted by Gasteiger charge is -2.25. The molecule has 0 bridgehead atoms. The molecule has 0 aliphatic rings. The van der Waals surface area contributed by atoms with E-state index in [9.17, 15) is 4.79 Å². The molecule has 1 atom stereocenters. The van der Waals surface area contributed by atoms with E-state index < -0.39 is 0 Å². The maximum atomic E-state index is 12.1. The van der Waals surface area contributed by atoms with Crippen LogP contribution in [0.2, 0.25) is 0 Å². The molecular formula is C19H26N4O2. The normalized spacial score (nSPS) is 11.8. The topological polar surface area (TPSA) is 66.5 Å². The van der Waals surface area contributed by atoms with Crippen LogP contribution in [0.25, 0.3) is 0 Å². The first-order chi connectivity index (χ1) is 12.1. The first-order valence-electron chi connectivity index (χ1n) is 8.30. The summed E-state index contributed by atoms with van der Waals surface area (Å²) in [5.74, 6) is 0.526. The molecule has 1 aromatic carbocycles. The van der Waals surface area contributed by atoms with Crippen LogP contribution in [-0.4, -0.2) is 49.7 Å². The molecular weight excluding hydrogens is 316 g/mol. The summed E-state index contributed by atoms with van der Waals surface area (Å²) in [5.41, 5.74) is 2.09. The number of nitrogens with one attached hydrogen (secondary N) is 2. The Hall–Kier alpha value is -2.60. The smallest absolute Gasteiger partial charge is 0.315 e. The molecule has 0 aliphatic carbocycles. The van der Waals surface area contributed by atoms with Crippen molar-refractivity contribution in [3.63, 3.8) is 0 Å². The maximum Gasteiger partial charge on any atom is 0.315 e. The molecule has 1 heterocycles. The number of methoxy groups -OCH3 is 1. The number of urea groups is 1. The van der Waals surface area contributed by atoms with Gasteiger partial charge in [-0.2, -0.15) is 0 Å². The van der Waals surface area contributed by atoms with Crippen LogP contribution in [0.1, 0.15) is 11.1 Å². The molecule has 0 saturated heterocycles. The van der Waals surface area contributed by atoms with Gasteiger partial charge < -0.3 is 20.3 Å². The monoisotopic (exact) mass is 342 g/mol. The van der Waals surface area contributed by atoms with E-state index in [1.807, 2.05) is 44.4 Å². The Bertz CT molecular complexity index is 661. The highest BCUT2D eigenvalue weighted by Gasteiger charge is 2.14. The minimum absolute atomic E-state index is 0.203. The van der Waals surface area contributed by atoms with Crippen LogP contribution < -0.4 is 15.4 Å². The molecule has 0 fully saturated rings. The van der Waals surface area contributed by atoms with Crippen molar-refractivity contribution in [2.24, 2.45) is 0 Å². The number of likely N-dealkylation sites (N-methyl/N-ethyl adjacent to an activating group) is 1. The van der Waals surface area contributed by atoms with E-state index in [1.165, 1.54) is 5.56 Å². The molecule has 2 rings (SSSR count). The highest BCUT2D eigenvalue weighted by Crippen LogP contribution is 2.12. The number of nitrogens with zero attached hydrogens (tertiary/aromatic N) is 2. The third-order valence-electron chi connectivity index (χ3n) is 4.03. The second-order valence-electron chi connectivity index (χ2n) is 6.04. The van der Waals surface area contributed by atoms with Crippen LogP contribution in [0.4, 0.5) is 4.79 Å². The number of rotatable bonds is 8. The fourth-order valence-electron chi connectivity index (χ4n) is 2.51. The van der Waals surface area contributed by atoms with E-state index in [0.29, 0.717) is 19.0 Å². The van der Waals surface area contributed by atoms with Gasteiger partial charge in [0.05, 0.1) is 7.11 Å². The predicted octanol–water partition coefficient (Wildman–Crippen LogP) is 2.06. The van der Waals surface area contributed by atoms with Gasteiger partial charge in [0, 0.05) is 30.9 Å².